The van der Waals surface area contributed by atoms with Crippen LogP contribution in [0.1, 0.15) is 32.3 Å². The summed E-state index contributed by atoms with van der Waals surface area (Å²) >= 11 is 6.02. The Labute approximate surface area is 155 Å². The highest BCUT2D eigenvalue weighted by Gasteiger charge is 2.25. The highest BCUT2D eigenvalue weighted by atomic mass is 35.5. The number of nitrogens with zero attached hydrogens (tertiary/aromatic N) is 3. The summed E-state index contributed by atoms with van der Waals surface area (Å²) in [5.74, 6) is -0.565. The Morgan fingerprint density at radius 2 is 1.96 bits per heavy atom. The number of benzene rings is 1. The zero-order valence-electron chi connectivity index (χ0n) is 15.2. The van der Waals surface area contributed by atoms with Crippen LogP contribution in [0.25, 0.3) is 11.0 Å². The highest BCUT2D eigenvalue weighted by molar-refractivity contribution is 6.31. The SMILES string of the molecule is Cc1c(C(=O)Nc2c(C(=O)N(C)C)nn(C)c2C)oc2ccc(Cl)cc12. The third kappa shape index (κ3) is 2.94. The number of carbonyl (C=O) groups excluding carboxylic acids is 2. The molecule has 8 heteroatoms. The average Bonchev–Trinajstić information content (AvgIpc) is 3.06. The van der Waals surface area contributed by atoms with Gasteiger partial charge in [0.05, 0.1) is 11.4 Å². The van der Waals surface area contributed by atoms with Crippen molar-refractivity contribution >= 4 is 40.1 Å². The number of amides is 2. The van der Waals surface area contributed by atoms with Crippen LogP contribution in [-0.4, -0.2) is 40.6 Å². The van der Waals surface area contributed by atoms with E-state index in [0.717, 1.165) is 5.39 Å². The highest BCUT2D eigenvalue weighted by Crippen LogP contribution is 2.29. The van der Waals surface area contributed by atoms with Crippen LogP contribution >= 0.6 is 11.6 Å². The number of halogens is 1. The molecular formula is C18H19ClN4O3. The summed E-state index contributed by atoms with van der Waals surface area (Å²) in [6.45, 7) is 3.57. The number of rotatable bonds is 3. The van der Waals surface area contributed by atoms with Gasteiger partial charge in [0.15, 0.2) is 11.5 Å². The number of hydrogen-bond donors (Lipinski definition) is 1. The largest absolute Gasteiger partial charge is 0.451 e. The third-order valence-electron chi connectivity index (χ3n) is 4.29. The number of carbonyl (C=O) groups is 2. The van der Waals surface area contributed by atoms with Gasteiger partial charge in [-0.2, -0.15) is 5.10 Å². The topological polar surface area (TPSA) is 80.4 Å². The van der Waals surface area contributed by atoms with Gasteiger partial charge >= 0.3 is 0 Å². The number of furan rings is 1. The van der Waals surface area contributed by atoms with Crippen molar-refractivity contribution in [3.8, 4) is 0 Å². The first-order valence-electron chi connectivity index (χ1n) is 7.96. The average molecular weight is 375 g/mol. The molecule has 2 amide bonds. The molecule has 0 radical (unpaired) electrons. The molecule has 0 spiro atoms. The van der Waals surface area contributed by atoms with E-state index >= 15 is 0 Å². The Kier molecular flexibility index (Phi) is 4.50. The molecular weight excluding hydrogens is 356 g/mol. The lowest BCUT2D eigenvalue weighted by Gasteiger charge is -2.10. The number of nitrogens with one attached hydrogen (secondary N) is 1. The number of hydrogen-bond acceptors (Lipinski definition) is 4. The van der Waals surface area contributed by atoms with Crippen LogP contribution in [0.15, 0.2) is 22.6 Å². The van der Waals surface area contributed by atoms with Gasteiger partial charge < -0.3 is 14.6 Å². The summed E-state index contributed by atoms with van der Waals surface area (Å²) in [5, 5.41) is 8.33. The van der Waals surface area contributed by atoms with Crippen molar-refractivity contribution in [1.29, 1.82) is 0 Å². The van der Waals surface area contributed by atoms with Crippen molar-refractivity contribution in [3.63, 3.8) is 0 Å². The van der Waals surface area contributed by atoms with Crippen molar-refractivity contribution in [2.75, 3.05) is 19.4 Å². The van der Waals surface area contributed by atoms with Crippen molar-refractivity contribution in [3.05, 3.63) is 45.9 Å². The van der Waals surface area contributed by atoms with E-state index in [2.05, 4.69) is 10.4 Å². The molecule has 2 aromatic heterocycles. The fraction of sp³-hybridized carbons (Fsp3) is 0.278. The van der Waals surface area contributed by atoms with Crippen molar-refractivity contribution in [1.82, 2.24) is 14.7 Å². The summed E-state index contributed by atoms with van der Waals surface area (Å²) in [4.78, 5) is 26.6. The second-order valence-electron chi connectivity index (χ2n) is 6.28. The lowest BCUT2D eigenvalue weighted by atomic mass is 10.1. The lowest BCUT2D eigenvalue weighted by Crippen LogP contribution is -2.24. The maximum Gasteiger partial charge on any atom is 0.291 e. The predicted molar refractivity (Wildman–Crippen MR) is 99.9 cm³/mol. The smallest absolute Gasteiger partial charge is 0.291 e. The minimum atomic E-state index is -0.446. The second-order valence-corrected chi connectivity index (χ2v) is 6.72. The van der Waals surface area contributed by atoms with Gasteiger partial charge in [0.2, 0.25) is 0 Å². The van der Waals surface area contributed by atoms with E-state index in [0.29, 0.717) is 27.6 Å². The summed E-state index contributed by atoms with van der Waals surface area (Å²) in [5.41, 5.74) is 2.47. The summed E-state index contributed by atoms with van der Waals surface area (Å²) in [6, 6.07) is 5.17. The molecule has 136 valence electrons. The number of anilines is 1. The van der Waals surface area contributed by atoms with E-state index in [1.54, 1.807) is 57.9 Å². The molecule has 0 fully saturated rings. The van der Waals surface area contributed by atoms with Crippen molar-refractivity contribution < 1.29 is 14.0 Å². The third-order valence-corrected chi connectivity index (χ3v) is 4.52. The van der Waals surface area contributed by atoms with Crippen LogP contribution in [-0.2, 0) is 7.05 Å². The standard InChI is InChI=1S/C18H19ClN4O3/c1-9-12-8-11(19)6-7-13(12)26-16(9)17(24)20-14-10(2)23(5)21-15(14)18(25)22(3)4/h6-8H,1-5H3,(H,20,24). The molecule has 2 heterocycles. The normalized spacial score (nSPS) is 11.0. The van der Waals surface area contributed by atoms with Gasteiger partial charge in [0.25, 0.3) is 11.8 Å². The zero-order chi connectivity index (χ0) is 19.2. The van der Waals surface area contributed by atoms with Crippen molar-refractivity contribution in [2.45, 2.75) is 13.8 Å². The van der Waals surface area contributed by atoms with E-state index in [4.69, 9.17) is 16.0 Å². The van der Waals surface area contributed by atoms with Gasteiger partial charge in [-0.3, -0.25) is 14.3 Å². The van der Waals surface area contributed by atoms with E-state index in [1.807, 2.05) is 0 Å². The first kappa shape index (κ1) is 18.0. The first-order valence-corrected chi connectivity index (χ1v) is 8.33. The lowest BCUT2D eigenvalue weighted by molar-refractivity contribution is 0.0822. The number of fused-ring (bicyclic) bond motifs is 1. The van der Waals surface area contributed by atoms with Crippen molar-refractivity contribution in [2.24, 2.45) is 7.05 Å². The van der Waals surface area contributed by atoms with Crippen LogP contribution < -0.4 is 5.32 Å². The predicted octanol–water partition coefficient (Wildman–Crippen LogP) is 3.39. The Morgan fingerprint density at radius 1 is 1.27 bits per heavy atom. The summed E-state index contributed by atoms with van der Waals surface area (Å²) in [6.07, 6.45) is 0. The fourth-order valence-corrected chi connectivity index (χ4v) is 2.87. The van der Waals surface area contributed by atoms with Gasteiger partial charge in [0, 0.05) is 37.1 Å². The van der Waals surface area contributed by atoms with E-state index < -0.39 is 5.91 Å². The molecule has 3 rings (SSSR count). The molecule has 1 N–H and O–H groups in total. The molecule has 0 saturated heterocycles. The van der Waals surface area contributed by atoms with Gasteiger partial charge in [0.1, 0.15) is 5.58 Å². The van der Waals surface area contributed by atoms with Crippen LogP contribution in [0.5, 0.6) is 0 Å². The summed E-state index contributed by atoms with van der Waals surface area (Å²) < 4.78 is 7.24. The molecule has 26 heavy (non-hydrogen) atoms. The first-order chi connectivity index (χ1) is 12.2. The van der Waals surface area contributed by atoms with E-state index in [-0.39, 0.29) is 17.4 Å². The molecule has 3 aromatic rings. The number of aryl methyl sites for hydroxylation is 2. The quantitative estimate of drug-likeness (QED) is 0.762. The van der Waals surface area contributed by atoms with Crippen LogP contribution in [0.3, 0.4) is 0 Å². The maximum atomic E-state index is 12.8. The summed E-state index contributed by atoms with van der Waals surface area (Å²) in [7, 11) is 4.97. The van der Waals surface area contributed by atoms with Gasteiger partial charge in [-0.25, -0.2) is 0 Å². The minimum Gasteiger partial charge on any atom is -0.451 e. The number of aromatic nitrogens is 2. The Balaban J connectivity index is 2.01. The minimum absolute atomic E-state index is 0.175. The molecule has 0 aliphatic rings. The molecule has 0 atom stereocenters. The van der Waals surface area contributed by atoms with Gasteiger partial charge in [-0.05, 0) is 32.0 Å². The van der Waals surface area contributed by atoms with Gasteiger partial charge in [-0.1, -0.05) is 11.6 Å². The Hall–Kier alpha value is -2.80. The molecule has 0 aliphatic heterocycles. The van der Waals surface area contributed by atoms with Crippen LogP contribution in [0, 0.1) is 13.8 Å². The van der Waals surface area contributed by atoms with Gasteiger partial charge in [-0.15, -0.1) is 0 Å². The molecule has 0 aliphatic carbocycles. The monoisotopic (exact) mass is 374 g/mol. The maximum absolute atomic E-state index is 12.8. The molecule has 0 bridgehead atoms. The zero-order valence-corrected chi connectivity index (χ0v) is 15.9. The molecule has 0 unspecified atom stereocenters. The Bertz CT molecular complexity index is 1030. The molecule has 0 saturated carbocycles. The molecule has 1 aromatic carbocycles. The Morgan fingerprint density at radius 3 is 2.62 bits per heavy atom. The van der Waals surface area contributed by atoms with Crippen LogP contribution in [0.4, 0.5) is 5.69 Å². The second kappa shape index (κ2) is 6.49. The van der Waals surface area contributed by atoms with E-state index in [9.17, 15) is 9.59 Å². The van der Waals surface area contributed by atoms with Crippen LogP contribution in [0.2, 0.25) is 5.02 Å². The molecule has 7 nitrogen and oxygen atoms in total. The fourth-order valence-electron chi connectivity index (χ4n) is 2.70. The van der Waals surface area contributed by atoms with E-state index in [1.165, 1.54) is 4.90 Å².